The summed E-state index contributed by atoms with van der Waals surface area (Å²) in [6.07, 6.45) is 1.79. The second-order valence-corrected chi connectivity index (χ2v) is 5.46. The molecule has 2 rings (SSSR count). The molecule has 1 atom stereocenters. The first kappa shape index (κ1) is 15.8. The molecule has 1 aromatic carbocycles. The number of carbonyl (C=O) groups excluding carboxylic acids is 1. The SMILES string of the molecule is Cc1ccc(C[C@H](C)N(C)C(=O)c2cc(C(=O)O)co2)cc1. The number of furan rings is 1. The molecule has 0 saturated carbocycles. The van der Waals surface area contributed by atoms with Crippen molar-refractivity contribution in [3.05, 3.63) is 59.0 Å². The van der Waals surface area contributed by atoms with E-state index in [0.29, 0.717) is 0 Å². The van der Waals surface area contributed by atoms with E-state index >= 15 is 0 Å². The Kier molecular flexibility index (Phi) is 4.65. The van der Waals surface area contributed by atoms with Gasteiger partial charge in [0.25, 0.3) is 5.91 Å². The molecule has 0 aliphatic heterocycles. The molecule has 5 heteroatoms. The molecule has 0 radical (unpaired) electrons. The first-order chi connectivity index (χ1) is 10.4. The predicted molar refractivity (Wildman–Crippen MR) is 82.1 cm³/mol. The molecular formula is C17H19NO4. The van der Waals surface area contributed by atoms with Gasteiger partial charge in [0.15, 0.2) is 5.76 Å². The van der Waals surface area contributed by atoms with E-state index in [2.05, 4.69) is 0 Å². The summed E-state index contributed by atoms with van der Waals surface area (Å²) < 4.78 is 5.05. The molecule has 0 aliphatic rings. The third-order valence-corrected chi connectivity index (χ3v) is 3.69. The first-order valence-corrected chi connectivity index (χ1v) is 7.03. The van der Waals surface area contributed by atoms with Crippen LogP contribution in [-0.2, 0) is 6.42 Å². The van der Waals surface area contributed by atoms with Crippen molar-refractivity contribution in [3.8, 4) is 0 Å². The number of nitrogens with zero attached hydrogens (tertiary/aromatic N) is 1. The van der Waals surface area contributed by atoms with E-state index in [0.717, 1.165) is 18.2 Å². The molecule has 0 unspecified atom stereocenters. The van der Waals surface area contributed by atoms with Crippen LogP contribution in [0, 0.1) is 6.92 Å². The Morgan fingerprint density at radius 1 is 1.27 bits per heavy atom. The summed E-state index contributed by atoms with van der Waals surface area (Å²) in [4.78, 5) is 24.7. The number of rotatable bonds is 5. The van der Waals surface area contributed by atoms with E-state index in [1.807, 2.05) is 38.1 Å². The highest BCUT2D eigenvalue weighted by atomic mass is 16.4. The van der Waals surface area contributed by atoms with Crippen LogP contribution in [0.15, 0.2) is 41.0 Å². The molecule has 1 amide bonds. The predicted octanol–water partition coefficient (Wildman–Crippen LogP) is 2.99. The van der Waals surface area contributed by atoms with Gasteiger partial charge in [0.2, 0.25) is 0 Å². The minimum atomic E-state index is -1.11. The zero-order valence-electron chi connectivity index (χ0n) is 12.9. The molecule has 0 fully saturated rings. The minimum absolute atomic E-state index is 0.0251. The van der Waals surface area contributed by atoms with Gasteiger partial charge >= 0.3 is 5.97 Å². The first-order valence-electron chi connectivity index (χ1n) is 7.03. The number of likely N-dealkylation sites (N-methyl/N-ethyl adjacent to an activating group) is 1. The molecule has 2 aromatic rings. The van der Waals surface area contributed by atoms with Crippen molar-refractivity contribution in [2.24, 2.45) is 0 Å². The maximum Gasteiger partial charge on any atom is 0.338 e. The normalized spacial score (nSPS) is 12.0. The van der Waals surface area contributed by atoms with Crippen LogP contribution in [0.3, 0.4) is 0 Å². The molecule has 1 aromatic heterocycles. The van der Waals surface area contributed by atoms with Gasteiger partial charge in [0, 0.05) is 19.2 Å². The molecular weight excluding hydrogens is 282 g/mol. The third-order valence-electron chi connectivity index (χ3n) is 3.69. The van der Waals surface area contributed by atoms with E-state index in [1.54, 1.807) is 11.9 Å². The largest absolute Gasteiger partial charge is 0.478 e. The molecule has 1 N–H and O–H groups in total. The highest BCUT2D eigenvalue weighted by molar-refractivity contribution is 5.95. The van der Waals surface area contributed by atoms with Crippen molar-refractivity contribution in [1.29, 1.82) is 0 Å². The van der Waals surface area contributed by atoms with E-state index in [4.69, 9.17) is 9.52 Å². The number of amides is 1. The Hall–Kier alpha value is -2.56. The Bertz CT molecular complexity index is 672. The quantitative estimate of drug-likeness (QED) is 0.921. The molecule has 0 aliphatic carbocycles. The van der Waals surface area contributed by atoms with Crippen LogP contribution < -0.4 is 0 Å². The zero-order valence-corrected chi connectivity index (χ0v) is 12.9. The average Bonchev–Trinajstić information content (AvgIpc) is 2.98. The average molecular weight is 301 g/mol. The fraction of sp³-hybridized carbons (Fsp3) is 0.294. The van der Waals surface area contributed by atoms with Crippen LogP contribution in [0.25, 0.3) is 0 Å². The highest BCUT2D eigenvalue weighted by Crippen LogP contribution is 2.14. The van der Waals surface area contributed by atoms with Crippen LogP contribution in [0.5, 0.6) is 0 Å². The van der Waals surface area contributed by atoms with Gasteiger partial charge < -0.3 is 14.4 Å². The Labute approximate surface area is 129 Å². The second-order valence-electron chi connectivity index (χ2n) is 5.46. The van der Waals surface area contributed by atoms with E-state index in [1.165, 1.54) is 11.6 Å². The van der Waals surface area contributed by atoms with Gasteiger partial charge in [-0.15, -0.1) is 0 Å². The summed E-state index contributed by atoms with van der Waals surface area (Å²) in [6, 6.07) is 9.37. The van der Waals surface area contributed by atoms with Crippen LogP contribution in [-0.4, -0.2) is 35.0 Å². The fourth-order valence-corrected chi connectivity index (χ4v) is 2.14. The fourth-order valence-electron chi connectivity index (χ4n) is 2.14. The highest BCUT2D eigenvalue weighted by Gasteiger charge is 2.22. The number of carboxylic acid groups (broad SMARTS) is 1. The van der Waals surface area contributed by atoms with Gasteiger partial charge in [-0.3, -0.25) is 4.79 Å². The summed E-state index contributed by atoms with van der Waals surface area (Å²) in [7, 11) is 1.68. The number of benzene rings is 1. The Morgan fingerprint density at radius 3 is 2.45 bits per heavy atom. The van der Waals surface area contributed by atoms with Crippen molar-refractivity contribution in [1.82, 2.24) is 4.90 Å². The molecule has 0 spiro atoms. The lowest BCUT2D eigenvalue weighted by atomic mass is 10.0. The number of carbonyl (C=O) groups is 2. The van der Waals surface area contributed by atoms with Crippen molar-refractivity contribution in [3.63, 3.8) is 0 Å². The lowest BCUT2D eigenvalue weighted by Gasteiger charge is -2.24. The van der Waals surface area contributed by atoms with Gasteiger partial charge in [-0.05, 0) is 25.8 Å². The summed E-state index contributed by atoms with van der Waals surface area (Å²) in [5.41, 5.74) is 2.31. The van der Waals surface area contributed by atoms with Crippen LogP contribution in [0.2, 0.25) is 0 Å². The van der Waals surface area contributed by atoms with E-state index in [9.17, 15) is 9.59 Å². The minimum Gasteiger partial charge on any atom is -0.478 e. The number of aromatic carboxylic acids is 1. The van der Waals surface area contributed by atoms with Gasteiger partial charge in [0.1, 0.15) is 6.26 Å². The molecule has 116 valence electrons. The lowest BCUT2D eigenvalue weighted by Crippen LogP contribution is -2.36. The summed E-state index contributed by atoms with van der Waals surface area (Å²) >= 11 is 0. The topological polar surface area (TPSA) is 70.8 Å². The monoisotopic (exact) mass is 301 g/mol. The van der Waals surface area contributed by atoms with Gasteiger partial charge in [0.05, 0.1) is 5.56 Å². The Morgan fingerprint density at radius 2 is 1.91 bits per heavy atom. The number of aryl methyl sites for hydroxylation is 1. The molecule has 1 heterocycles. The standard InChI is InChI=1S/C17H19NO4/c1-11-4-6-13(7-5-11)8-12(2)18(3)16(19)15-9-14(10-22-15)17(20)21/h4-7,9-10,12H,8H2,1-3H3,(H,20,21)/t12-/m0/s1. The Balaban J connectivity index is 2.05. The second kappa shape index (κ2) is 6.47. The van der Waals surface area contributed by atoms with Crippen molar-refractivity contribution < 1.29 is 19.1 Å². The van der Waals surface area contributed by atoms with Crippen LogP contribution >= 0.6 is 0 Å². The van der Waals surface area contributed by atoms with Crippen molar-refractivity contribution in [2.75, 3.05) is 7.05 Å². The van der Waals surface area contributed by atoms with Gasteiger partial charge in [-0.1, -0.05) is 29.8 Å². The summed E-state index contributed by atoms with van der Waals surface area (Å²) in [5, 5.41) is 8.86. The third kappa shape index (κ3) is 3.55. The number of hydrogen-bond acceptors (Lipinski definition) is 3. The van der Waals surface area contributed by atoms with Crippen molar-refractivity contribution >= 4 is 11.9 Å². The maximum atomic E-state index is 12.3. The molecule has 0 saturated heterocycles. The van der Waals surface area contributed by atoms with Crippen molar-refractivity contribution in [2.45, 2.75) is 26.3 Å². The molecule has 22 heavy (non-hydrogen) atoms. The van der Waals surface area contributed by atoms with Gasteiger partial charge in [-0.25, -0.2) is 4.79 Å². The summed E-state index contributed by atoms with van der Waals surface area (Å²) in [5.74, 6) is -1.40. The smallest absolute Gasteiger partial charge is 0.338 e. The summed E-state index contributed by atoms with van der Waals surface area (Å²) in [6.45, 7) is 3.97. The zero-order chi connectivity index (χ0) is 16.3. The maximum absolute atomic E-state index is 12.3. The van der Waals surface area contributed by atoms with Gasteiger partial charge in [-0.2, -0.15) is 0 Å². The number of carboxylic acids is 1. The lowest BCUT2D eigenvalue weighted by molar-refractivity contribution is 0.0692. The van der Waals surface area contributed by atoms with E-state index < -0.39 is 5.97 Å². The van der Waals surface area contributed by atoms with E-state index in [-0.39, 0.29) is 23.3 Å². The van der Waals surface area contributed by atoms with Crippen LogP contribution in [0.1, 0.15) is 39.0 Å². The molecule has 5 nitrogen and oxygen atoms in total. The number of hydrogen-bond donors (Lipinski definition) is 1. The molecule has 0 bridgehead atoms. The van der Waals surface area contributed by atoms with Crippen LogP contribution in [0.4, 0.5) is 0 Å².